The molecule has 3 nitrogen and oxygen atoms in total. The quantitative estimate of drug-likeness (QED) is 0.750. The van der Waals surface area contributed by atoms with Gasteiger partial charge in [-0.3, -0.25) is 0 Å². The Morgan fingerprint density at radius 1 is 1.09 bits per heavy atom. The van der Waals surface area contributed by atoms with Gasteiger partial charge in [0.15, 0.2) is 0 Å². The maximum absolute atomic E-state index is 13.6. The van der Waals surface area contributed by atoms with Gasteiger partial charge in [-0.05, 0) is 48.2 Å². The molecule has 1 aromatic heterocycles. The van der Waals surface area contributed by atoms with Gasteiger partial charge >= 0.3 is 0 Å². The molecule has 0 unspecified atom stereocenters. The van der Waals surface area contributed by atoms with E-state index < -0.39 is 6.10 Å². The van der Waals surface area contributed by atoms with Gasteiger partial charge in [0.25, 0.3) is 0 Å². The third-order valence-electron chi connectivity index (χ3n) is 3.95. The highest BCUT2D eigenvalue weighted by Gasteiger charge is 2.23. The largest absolute Gasteiger partial charge is 0.391 e. The van der Waals surface area contributed by atoms with Gasteiger partial charge in [-0.25, -0.2) is 4.39 Å². The second kappa shape index (κ2) is 7.59. The molecule has 5 heteroatoms. The molecule has 3 N–H and O–H groups in total. The highest BCUT2D eigenvalue weighted by Crippen LogP contribution is 2.29. The Bertz CT molecular complexity index is 774. The molecule has 3 rings (SSSR count). The highest BCUT2D eigenvalue weighted by atomic mass is 35.5. The van der Waals surface area contributed by atoms with Crippen LogP contribution in [0.2, 0.25) is 0 Å². The van der Waals surface area contributed by atoms with E-state index in [0.717, 1.165) is 16.5 Å². The van der Waals surface area contributed by atoms with Crippen molar-refractivity contribution in [1.29, 1.82) is 0 Å². The standard InChI is InChI=1S/C18H19FN2O.ClH/c19-15-6-3-5-14(12-15)18(17(22)8-10-20)21-11-9-13-4-1-2-7-16(13)21;/h1-7,9,11-12,17-18,22H,8,10,20H2;1H/t17-,18+;/m1./s1. The topological polar surface area (TPSA) is 51.2 Å². The number of fused-ring (bicyclic) bond motifs is 1. The summed E-state index contributed by atoms with van der Waals surface area (Å²) in [5.41, 5.74) is 7.34. The van der Waals surface area contributed by atoms with Crippen LogP contribution in [0.15, 0.2) is 60.8 Å². The van der Waals surface area contributed by atoms with Crippen LogP contribution in [0, 0.1) is 5.82 Å². The van der Waals surface area contributed by atoms with Gasteiger partial charge < -0.3 is 15.4 Å². The van der Waals surface area contributed by atoms with Crippen molar-refractivity contribution in [3.05, 3.63) is 72.2 Å². The summed E-state index contributed by atoms with van der Waals surface area (Å²) < 4.78 is 15.6. The lowest BCUT2D eigenvalue weighted by Crippen LogP contribution is -2.27. The van der Waals surface area contributed by atoms with E-state index in [0.29, 0.717) is 13.0 Å². The molecule has 0 aliphatic rings. The molecule has 2 aromatic carbocycles. The van der Waals surface area contributed by atoms with Crippen LogP contribution >= 0.6 is 12.4 Å². The van der Waals surface area contributed by atoms with Crippen LogP contribution < -0.4 is 5.73 Å². The molecule has 122 valence electrons. The van der Waals surface area contributed by atoms with Gasteiger partial charge in [-0.15, -0.1) is 12.4 Å². The highest BCUT2D eigenvalue weighted by molar-refractivity contribution is 5.85. The van der Waals surface area contributed by atoms with Crippen LogP contribution in [0.1, 0.15) is 18.0 Å². The zero-order chi connectivity index (χ0) is 15.5. The zero-order valence-electron chi connectivity index (χ0n) is 12.6. The lowest BCUT2D eigenvalue weighted by molar-refractivity contribution is 0.125. The molecule has 0 fully saturated rings. The van der Waals surface area contributed by atoms with Crippen molar-refractivity contribution < 1.29 is 9.50 Å². The van der Waals surface area contributed by atoms with Crippen LogP contribution in [0.25, 0.3) is 10.9 Å². The number of aliphatic hydroxyl groups is 1. The molecule has 0 amide bonds. The summed E-state index contributed by atoms with van der Waals surface area (Å²) in [7, 11) is 0. The first-order valence-electron chi connectivity index (χ1n) is 7.40. The number of aliphatic hydroxyl groups excluding tert-OH is 1. The number of rotatable bonds is 5. The van der Waals surface area contributed by atoms with E-state index in [2.05, 4.69) is 0 Å². The lowest BCUT2D eigenvalue weighted by Gasteiger charge is -2.26. The number of para-hydroxylation sites is 1. The van der Waals surface area contributed by atoms with Crippen LogP contribution in [-0.2, 0) is 0 Å². The van der Waals surface area contributed by atoms with Crippen molar-refractivity contribution in [2.45, 2.75) is 18.6 Å². The molecule has 23 heavy (non-hydrogen) atoms. The second-order valence-electron chi connectivity index (χ2n) is 5.43. The summed E-state index contributed by atoms with van der Waals surface area (Å²) in [5.74, 6) is -0.307. The van der Waals surface area contributed by atoms with E-state index in [1.807, 2.05) is 47.2 Å². The first kappa shape index (κ1) is 17.5. The molecule has 0 aliphatic heterocycles. The maximum atomic E-state index is 13.6. The van der Waals surface area contributed by atoms with Crippen molar-refractivity contribution in [3.8, 4) is 0 Å². The minimum atomic E-state index is -0.678. The van der Waals surface area contributed by atoms with Gasteiger partial charge in [-0.1, -0.05) is 30.3 Å². The van der Waals surface area contributed by atoms with Gasteiger partial charge in [0.05, 0.1) is 12.1 Å². The molecule has 0 radical (unpaired) electrons. The average Bonchev–Trinajstić information content (AvgIpc) is 2.92. The second-order valence-corrected chi connectivity index (χ2v) is 5.43. The van der Waals surface area contributed by atoms with Crippen molar-refractivity contribution in [1.82, 2.24) is 4.57 Å². The molecule has 0 spiro atoms. The fourth-order valence-corrected chi connectivity index (χ4v) is 2.93. The third kappa shape index (κ3) is 3.55. The van der Waals surface area contributed by atoms with E-state index in [9.17, 15) is 9.50 Å². The Labute approximate surface area is 141 Å². The molecular formula is C18H20ClFN2O. The Morgan fingerprint density at radius 3 is 2.61 bits per heavy atom. The first-order chi connectivity index (χ1) is 10.7. The normalized spacial score (nSPS) is 13.5. The monoisotopic (exact) mass is 334 g/mol. The number of hydrogen-bond acceptors (Lipinski definition) is 2. The molecule has 0 saturated heterocycles. The van der Waals surface area contributed by atoms with Crippen LogP contribution in [0.4, 0.5) is 4.39 Å². The van der Waals surface area contributed by atoms with E-state index >= 15 is 0 Å². The number of halogens is 2. The summed E-state index contributed by atoms with van der Waals surface area (Å²) in [6.45, 7) is 0.381. The average molecular weight is 335 g/mol. The number of aromatic nitrogens is 1. The van der Waals surface area contributed by atoms with E-state index in [4.69, 9.17) is 5.73 Å². The number of hydrogen-bond donors (Lipinski definition) is 2. The SMILES string of the molecule is Cl.NCC[C@@H](O)[C@H](c1cccc(F)c1)n1ccc2ccccc21. The van der Waals surface area contributed by atoms with E-state index in [-0.39, 0.29) is 24.3 Å². The Balaban J connectivity index is 0.00000192. The van der Waals surface area contributed by atoms with Gasteiger partial charge in [-0.2, -0.15) is 0 Å². The summed E-state index contributed by atoms with van der Waals surface area (Å²) in [6.07, 6.45) is 1.70. The summed E-state index contributed by atoms with van der Waals surface area (Å²) in [6, 6.07) is 16.0. The third-order valence-corrected chi connectivity index (χ3v) is 3.95. The fourth-order valence-electron chi connectivity index (χ4n) is 2.93. The Hall–Kier alpha value is -1.88. The van der Waals surface area contributed by atoms with Gasteiger partial charge in [0.1, 0.15) is 5.82 Å². The Kier molecular flexibility index (Phi) is 5.77. The van der Waals surface area contributed by atoms with Crippen LogP contribution in [-0.4, -0.2) is 22.3 Å². The Morgan fingerprint density at radius 2 is 1.87 bits per heavy atom. The van der Waals surface area contributed by atoms with Crippen molar-refractivity contribution >= 4 is 23.3 Å². The smallest absolute Gasteiger partial charge is 0.123 e. The minimum absolute atomic E-state index is 0. The predicted molar refractivity (Wildman–Crippen MR) is 93.4 cm³/mol. The molecule has 0 aliphatic carbocycles. The molecule has 3 aromatic rings. The number of benzene rings is 2. The molecule has 2 atom stereocenters. The van der Waals surface area contributed by atoms with Gasteiger partial charge in [0, 0.05) is 11.7 Å². The van der Waals surface area contributed by atoms with Crippen molar-refractivity contribution in [2.24, 2.45) is 5.73 Å². The summed E-state index contributed by atoms with van der Waals surface area (Å²) in [5, 5.41) is 11.6. The lowest BCUT2D eigenvalue weighted by atomic mass is 9.98. The zero-order valence-corrected chi connectivity index (χ0v) is 13.4. The van der Waals surface area contributed by atoms with Crippen molar-refractivity contribution in [2.75, 3.05) is 6.54 Å². The number of nitrogens with two attached hydrogens (primary N) is 1. The van der Waals surface area contributed by atoms with E-state index in [1.165, 1.54) is 12.1 Å². The molecule has 1 heterocycles. The van der Waals surface area contributed by atoms with Gasteiger partial charge in [0.2, 0.25) is 0 Å². The maximum Gasteiger partial charge on any atom is 0.123 e. The minimum Gasteiger partial charge on any atom is -0.391 e. The first-order valence-corrected chi connectivity index (χ1v) is 7.40. The summed E-state index contributed by atoms with van der Waals surface area (Å²) >= 11 is 0. The molecule has 0 saturated carbocycles. The van der Waals surface area contributed by atoms with Crippen molar-refractivity contribution in [3.63, 3.8) is 0 Å². The molecule has 0 bridgehead atoms. The summed E-state index contributed by atoms with van der Waals surface area (Å²) in [4.78, 5) is 0. The number of nitrogens with zero attached hydrogens (tertiary/aromatic N) is 1. The van der Waals surface area contributed by atoms with Crippen LogP contribution in [0.5, 0.6) is 0 Å². The van der Waals surface area contributed by atoms with E-state index in [1.54, 1.807) is 6.07 Å². The predicted octanol–water partition coefficient (Wildman–Crippen LogP) is 3.50. The fraction of sp³-hybridized carbons (Fsp3) is 0.222. The van der Waals surface area contributed by atoms with Crippen LogP contribution in [0.3, 0.4) is 0 Å². The molecular weight excluding hydrogens is 315 g/mol.